The van der Waals surface area contributed by atoms with Crippen molar-refractivity contribution in [3.05, 3.63) is 47.5 Å². The molecule has 3 rings (SSSR count). The van der Waals surface area contributed by atoms with Gasteiger partial charge in [0.1, 0.15) is 16.4 Å². The van der Waals surface area contributed by atoms with Gasteiger partial charge >= 0.3 is 0 Å². The third-order valence-corrected chi connectivity index (χ3v) is 6.23. The first-order chi connectivity index (χ1) is 11.8. The zero-order chi connectivity index (χ0) is 18.2. The van der Waals surface area contributed by atoms with Gasteiger partial charge in [0.2, 0.25) is 10.0 Å². The molecule has 0 unspecified atom stereocenters. The molecule has 8 heteroatoms. The Hall–Kier alpha value is -2.19. The number of rotatable bonds is 4. The van der Waals surface area contributed by atoms with Gasteiger partial charge in [-0.2, -0.15) is 4.31 Å². The first-order valence-electron chi connectivity index (χ1n) is 8.03. The minimum Gasteiger partial charge on any atom is -0.345 e. The van der Waals surface area contributed by atoms with Crippen molar-refractivity contribution in [2.45, 2.75) is 24.7 Å². The molecule has 1 aromatic carbocycles. The van der Waals surface area contributed by atoms with Crippen molar-refractivity contribution in [1.82, 2.24) is 8.87 Å². The van der Waals surface area contributed by atoms with Crippen LogP contribution >= 0.6 is 0 Å². The molecule has 1 aromatic heterocycles. The molecule has 25 heavy (non-hydrogen) atoms. The Balaban J connectivity index is 1.87. The van der Waals surface area contributed by atoms with Crippen LogP contribution in [0.25, 0.3) is 0 Å². The summed E-state index contributed by atoms with van der Waals surface area (Å²) in [7, 11) is -1.98. The molecule has 0 saturated carbocycles. The molecular weight excluding hydrogens is 345 g/mol. The predicted molar refractivity (Wildman–Crippen MR) is 92.5 cm³/mol. The zero-order valence-corrected chi connectivity index (χ0v) is 14.9. The van der Waals surface area contributed by atoms with Crippen molar-refractivity contribution >= 4 is 21.6 Å². The van der Waals surface area contributed by atoms with Crippen LogP contribution < -0.4 is 5.32 Å². The van der Waals surface area contributed by atoms with Gasteiger partial charge in [-0.3, -0.25) is 4.79 Å². The van der Waals surface area contributed by atoms with Crippen LogP contribution in [-0.2, 0) is 17.1 Å². The van der Waals surface area contributed by atoms with E-state index in [1.807, 2.05) is 0 Å². The number of amides is 1. The lowest BCUT2D eigenvalue weighted by Gasteiger charge is -2.13. The third kappa shape index (κ3) is 3.45. The van der Waals surface area contributed by atoms with E-state index in [0.29, 0.717) is 24.3 Å². The molecule has 1 N–H and O–H groups in total. The number of halogens is 1. The summed E-state index contributed by atoms with van der Waals surface area (Å²) in [4.78, 5) is 12.6. The average molecular weight is 365 g/mol. The molecule has 6 nitrogen and oxygen atoms in total. The van der Waals surface area contributed by atoms with Gasteiger partial charge in [0.25, 0.3) is 5.91 Å². The lowest BCUT2D eigenvalue weighted by atomic mass is 10.2. The van der Waals surface area contributed by atoms with E-state index in [2.05, 4.69) is 5.32 Å². The highest BCUT2D eigenvalue weighted by Crippen LogP contribution is 2.23. The van der Waals surface area contributed by atoms with Crippen LogP contribution in [0.5, 0.6) is 0 Å². The average Bonchev–Trinajstić information content (AvgIpc) is 3.21. The lowest BCUT2D eigenvalue weighted by molar-refractivity contribution is 0.101. The van der Waals surface area contributed by atoms with E-state index in [1.165, 1.54) is 33.3 Å². The number of hydrogen-bond acceptors (Lipinski definition) is 3. The first kappa shape index (κ1) is 17.6. The number of hydrogen-bond donors (Lipinski definition) is 1. The summed E-state index contributed by atoms with van der Waals surface area (Å²) in [5.41, 5.74) is 1.27. The molecular formula is C17H20FN3O3S. The Morgan fingerprint density at radius 1 is 1.20 bits per heavy atom. The number of anilines is 1. The van der Waals surface area contributed by atoms with Gasteiger partial charge in [-0.25, -0.2) is 12.8 Å². The molecule has 1 aliphatic rings. The maximum absolute atomic E-state index is 13.4. The van der Waals surface area contributed by atoms with E-state index >= 15 is 0 Å². The summed E-state index contributed by atoms with van der Waals surface area (Å²) >= 11 is 0. The molecule has 1 amide bonds. The van der Waals surface area contributed by atoms with Gasteiger partial charge in [0.15, 0.2) is 0 Å². The lowest BCUT2D eigenvalue weighted by Crippen LogP contribution is -2.27. The predicted octanol–water partition coefficient (Wildman–Crippen LogP) is 2.51. The minimum absolute atomic E-state index is 0.0954. The second-order valence-electron chi connectivity index (χ2n) is 6.20. The molecule has 2 aromatic rings. The third-order valence-electron chi connectivity index (χ3n) is 4.36. The normalized spacial score (nSPS) is 15.5. The molecule has 1 fully saturated rings. The minimum atomic E-state index is -3.59. The largest absolute Gasteiger partial charge is 0.345 e. The quantitative estimate of drug-likeness (QED) is 0.905. The molecule has 0 bridgehead atoms. The van der Waals surface area contributed by atoms with Crippen molar-refractivity contribution in [3.8, 4) is 0 Å². The second kappa shape index (κ2) is 6.61. The topological polar surface area (TPSA) is 71.4 Å². The number of sulfonamides is 1. The summed E-state index contributed by atoms with van der Waals surface area (Å²) in [6, 6.07) is 5.48. The van der Waals surface area contributed by atoms with Crippen molar-refractivity contribution < 1.29 is 17.6 Å². The number of benzene rings is 1. The highest BCUT2D eigenvalue weighted by molar-refractivity contribution is 7.89. The van der Waals surface area contributed by atoms with Crippen LogP contribution in [0.15, 0.2) is 35.4 Å². The first-order valence-corrected chi connectivity index (χ1v) is 9.47. The van der Waals surface area contributed by atoms with Crippen LogP contribution in [0, 0.1) is 12.7 Å². The monoisotopic (exact) mass is 365 g/mol. The van der Waals surface area contributed by atoms with Crippen molar-refractivity contribution in [3.63, 3.8) is 0 Å². The summed E-state index contributed by atoms with van der Waals surface area (Å²) in [5, 5.41) is 2.63. The Morgan fingerprint density at radius 2 is 1.88 bits per heavy atom. The van der Waals surface area contributed by atoms with Crippen molar-refractivity contribution in [2.75, 3.05) is 18.4 Å². The SMILES string of the molecule is Cc1ccc(F)cc1NC(=O)c1cc(S(=O)(=O)N2CCCC2)cn1C. The molecule has 0 radical (unpaired) electrons. The molecule has 0 atom stereocenters. The number of aromatic nitrogens is 1. The van der Waals surface area contributed by atoms with Crippen LogP contribution in [0.3, 0.4) is 0 Å². The van der Waals surface area contributed by atoms with Gasteiger partial charge in [-0.05, 0) is 43.5 Å². The molecule has 0 aliphatic carbocycles. The number of carbonyl (C=O) groups excluding carboxylic acids is 1. The standard InChI is InChI=1S/C17H20FN3O3S/c1-12-5-6-13(18)9-15(12)19-17(22)16-10-14(11-20(16)2)25(23,24)21-7-3-4-8-21/h5-6,9-11H,3-4,7-8H2,1-2H3,(H,19,22). The van der Waals surface area contributed by atoms with E-state index in [-0.39, 0.29) is 10.6 Å². The Morgan fingerprint density at radius 3 is 2.56 bits per heavy atom. The summed E-state index contributed by atoms with van der Waals surface area (Å²) in [5.74, 6) is -0.941. The van der Waals surface area contributed by atoms with Crippen LogP contribution in [0.4, 0.5) is 10.1 Å². The van der Waals surface area contributed by atoms with Crippen LogP contribution in [0.2, 0.25) is 0 Å². The van der Waals surface area contributed by atoms with E-state index in [4.69, 9.17) is 0 Å². The van der Waals surface area contributed by atoms with E-state index < -0.39 is 21.7 Å². The van der Waals surface area contributed by atoms with Crippen molar-refractivity contribution in [2.24, 2.45) is 7.05 Å². The van der Waals surface area contributed by atoms with E-state index in [0.717, 1.165) is 12.8 Å². The Kier molecular flexibility index (Phi) is 4.66. The number of nitrogens with zero attached hydrogens (tertiary/aromatic N) is 2. The fraction of sp³-hybridized carbons (Fsp3) is 0.353. The second-order valence-corrected chi connectivity index (χ2v) is 8.13. The van der Waals surface area contributed by atoms with Crippen LogP contribution in [-0.4, -0.2) is 36.3 Å². The summed E-state index contributed by atoms with van der Waals surface area (Å²) < 4.78 is 41.5. The van der Waals surface area contributed by atoms with E-state index in [1.54, 1.807) is 20.0 Å². The fourth-order valence-corrected chi connectivity index (χ4v) is 4.48. The maximum atomic E-state index is 13.4. The smallest absolute Gasteiger partial charge is 0.272 e. The fourth-order valence-electron chi connectivity index (χ4n) is 2.89. The molecule has 2 heterocycles. The van der Waals surface area contributed by atoms with Gasteiger partial charge in [0.05, 0.1) is 0 Å². The number of carbonyl (C=O) groups is 1. The van der Waals surface area contributed by atoms with E-state index in [9.17, 15) is 17.6 Å². The molecule has 134 valence electrons. The van der Waals surface area contributed by atoms with Crippen LogP contribution in [0.1, 0.15) is 28.9 Å². The number of aryl methyl sites for hydroxylation is 2. The molecule has 0 spiro atoms. The van der Waals surface area contributed by atoms with Gasteiger partial charge in [0, 0.05) is 32.0 Å². The summed E-state index contributed by atoms with van der Waals surface area (Å²) in [6.07, 6.45) is 3.12. The highest BCUT2D eigenvalue weighted by atomic mass is 32.2. The Labute approximate surface area is 146 Å². The Bertz CT molecular complexity index is 915. The van der Waals surface area contributed by atoms with Gasteiger partial charge in [-0.15, -0.1) is 0 Å². The molecule has 1 saturated heterocycles. The number of nitrogens with one attached hydrogen (secondary N) is 1. The highest BCUT2D eigenvalue weighted by Gasteiger charge is 2.29. The molecule has 1 aliphatic heterocycles. The van der Waals surface area contributed by atoms with Gasteiger partial charge < -0.3 is 9.88 Å². The summed E-state index contributed by atoms with van der Waals surface area (Å²) in [6.45, 7) is 2.76. The van der Waals surface area contributed by atoms with Crippen molar-refractivity contribution in [1.29, 1.82) is 0 Å². The zero-order valence-electron chi connectivity index (χ0n) is 14.1. The van der Waals surface area contributed by atoms with Gasteiger partial charge in [-0.1, -0.05) is 6.07 Å². The maximum Gasteiger partial charge on any atom is 0.272 e.